The minimum Gasteiger partial charge on any atom is -0.298 e. The molecule has 0 spiro atoms. The average Bonchev–Trinajstić information content (AvgIpc) is 3.02. The van der Waals surface area contributed by atoms with E-state index in [0.29, 0.717) is 29.1 Å². The van der Waals surface area contributed by atoms with Crippen LogP contribution in [0.1, 0.15) is 24.3 Å². The molecule has 1 aromatic carbocycles. The number of rotatable bonds is 4. The molecule has 0 unspecified atom stereocenters. The number of benzene rings is 1. The number of nitrogens with zero attached hydrogens (tertiary/aromatic N) is 3. The van der Waals surface area contributed by atoms with Crippen LogP contribution in [0.4, 0.5) is 4.39 Å². The van der Waals surface area contributed by atoms with E-state index in [1.165, 1.54) is 27.8 Å². The van der Waals surface area contributed by atoms with Crippen LogP contribution in [0.5, 0.6) is 0 Å². The number of sulfonamides is 1. The molecule has 0 atom stereocenters. The Kier molecular flexibility index (Phi) is 4.84. The fourth-order valence-electron chi connectivity index (χ4n) is 3.48. The van der Waals surface area contributed by atoms with E-state index in [4.69, 9.17) is 0 Å². The number of hydrogen-bond acceptors (Lipinski definition) is 5. The van der Waals surface area contributed by atoms with E-state index >= 15 is 0 Å². The normalized spacial score (nSPS) is 15.3. The zero-order chi connectivity index (χ0) is 20.1. The molecule has 1 aliphatic heterocycles. The monoisotopic (exact) mass is 421 g/mol. The van der Waals surface area contributed by atoms with Gasteiger partial charge in [0.15, 0.2) is 0 Å². The van der Waals surface area contributed by atoms with Gasteiger partial charge >= 0.3 is 0 Å². The van der Waals surface area contributed by atoms with Gasteiger partial charge in [0.25, 0.3) is 5.56 Å². The SMILES string of the molecule is CC(C)Cn1cnc2sc3c(c2c1=O)CCN(S(=O)(=O)c1ccc(F)cc1)C3. The zero-order valence-electron chi connectivity index (χ0n) is 15.6. The fourth-order valence-corrected chi connectivity index (χ4v) is 6.16. The number of halogens is 1. The standard InChI is InChI=1S/C19H20FN3O3S2/c1-12(2)9-22-11-21-18-17(19(22)24)15-7-8-23(10-16(15)27-18)28(25,26)14-5-3-13(20)4-6-14/h3-6,11-12H,7-10H2,1-2H3. The van der Waals surface area contributed by atoms with Gasteiger partial charge < -0.3 is 0 Å². The molecule has 9 heteroatoms. The highest BCUT2D eigenvalue weighted by Gasteiger charge is 2.31. The number of thiophene rings is 1. The van der Waals surface area contributed by atoms with Gasteiger partial charge in [-0.2, -0.15) is 4.31 Å². The van der Waals surface area contributed by atoms with Crippen molar-refractivity contribution in [3.63, 3.8) is 0 Å². The van der Waals surface area contributed by atoms with Gasteiger partial charge in [0.05, 0.1) is 16.6 Å². The molecular formula is C19H20FN3O3S2. The molecular weight excluding hydrogens is 401 g/mol. The van der Waals surface area contributed by atoms with E-state index in [1.54, 1.807) is 10.9 Å². The second-order valence-electron chi connectivity index (χ2n) is 7.32. The lowest BCUT2D eigenvalue weighted by atomic mass is 10.1. The van der Waals surface area contributed by atoms with Crippen molar-refractivity contribution in [3.8, 4) is 0 Å². The van der Waals surface area contributed by atoms with Gasteiger partial charge in [-0.1, -0.05) is 13.8 Å². The first-order valence-corrected chi connectivity index (χ1v) is 11.3. The summed E-state index contributed by atoms with van der Waals surface area (Å²) in [5.74, 6) is -0.157. The first-order chi connectivity index (χ1) is 13.3. The second kappa shape index (κ2) is 7.06. The van der Waals surface area contributed by atoms with Crippen LogP contribution >= 0.6 is 11.3 Å². The Bertz CT molecular complexity index is 1200. The molecule has 0 radical (unpaired) electrons. The summed E-state index contributed by atoms with van der Waals surface area (Å²) >= 11 is 1.37. The van der Waals surface area contributed by atoms with Crippen LogP contribution in [0.3, 0.4) is 0 Å². The highest BCUT2D eigenvalue weighted by Crippen LogP contribution is 2.34. The molecule has 4 rings (SSSR count). The Morgan fingerprint density at radius 2 is 1.96 bits per heavy atom. The molecule has 0 fully saturated rings. The van der Waals surface area contributed by atoms with Crippen molar-refractivity contribution in [2.75, 3.05) is 6.54 Å². The molecule has 0 N–H and O–H groups in total. The largest absolute Gasteiger partial charge is 0.298 e. The summed E-state index contributed by atoms with van der Waals surface area (Å²) in [6.45, 7) is 5.14. The second-order valence-corrected chi connectivity index (χ2v) is 10.3. The van der Waals surface area contributed by atoms with Gasteiger partial charge in [-0.3, -0.25) is 9.36 Å². The summed E-state index contributed by atoms with van der Waals surface area (Å²) < 4.78 is 41.9. The lowest BCUT2D eigenvalue weighted by Crippen LogP contribution is -2.35. The summed E-state index contributed by atoms with van der Waals surface area (Å²) in [7, 11) is -3.72. The van der Waals surface area contributed by atoms with Crippen LogP contribution < -0.4 is 5.56 Å². The molecule has 0 amide bonds. The number of fused-ring (bicyclic) bond motifs is 3. The highest BCUT2D eigenvalue weighted by atomic mass is 32.2. The molecule has 3 aromatic rings. The maximum Gasteiger partial charge on any atom is 0.262 e. The molecule has 6 nitrogen and oxygen atoms in total. The predicted molar refractivity (Wildman–Crippen MR) is 106 cm³/mol. The van der Waals surface area contributed by atoms with Crippen molar-refractivity contribution in [2.45, 2.75) is 38.3 Å². The van der Waals surface area contributed by atoms with Crippen LogP contribution in [0.2, 0.25) is 0 Å². The zero-order valence-corrected chi connectivity index (χ0v) is 17.2. The molecule has 0 aliphatic carbocycles. The number of hydrogen-bond donors (Lipinski definition) is 0. The molecule has 0 bridgehead atoms. The van der Waals surface area contributed by atoms with Crippen LogP contribution in [0, 0.1) is 11.7 Å². The van der Waals surface area contributed by atoms with Crippen molar-refractivity contribution < 1.29 is 12.8 Å². The Balaban J connectivity index is 1.71. The Hall–Kier alpha value is -2.10. The van der Waals surface area contributed by atoms with Crippen LogP contribution in [-0.4, -0.2) is 28.8 Å². The van der Waals surface area contributed by atoms with Crippen LogP contribution in [0.25, 0.3) is 10.2 Å². The maximum atomic E-state index is 13.1. The lowest BCUT2D eigenvalue weighted by molar-refractivity contribution is 0.396. The van der Waals surface area contributed by atoms with Crippen LogP contribution in [0.15, 0.2) is 40.3 Å². The fraction of sp³-hybridized carbons (Fsp3) is 0.368. The first-order valence-electron chi connectivity index (χ1n) is 9.03. The summed E-state index contributed by atoms with van der Waals surface area (Å²) in [5, 5.41) is 0.613. The quantitative estimate of drug-likeness (QED) is 0.649. The van der Waals surface area contributed by atoms with Gasteiger partial charge in [0.1, 0.15) is 10.6 Å². The van der Waals surface area contributed by atoms with E-state index in [9.17, 15) is 17.6 Å². The minimum absolute atomic E-state index is 0.0639. The highest BCUT2D eigenvalue weighted by molar-refractivity contribution is 7.89. The third-order valence-electron chi connectivity index (χ3n) is 4.81. The van der Waals surface area contributed by atoms with Crippen LogP contribution in [-0.2, 0) is 29.5 Å². The molecule has 2 aromatic heterocycles. The average molecular weight is 422 g/mol. The summed E-state index contributed by atoms with van der Waals surface area (Å²) in [6.07, 6.45) is 2.03. The summed E-state index contributed by atoms with van der Waals surface area (Å²) in [4.78, 5) is 18.9. The van der Waals surface area contributed by atoms with Crippen molar-refractivity contribution >= 4 is 31.6 Å². The number of aromatic nitrogens is 2. The molecule has 0 saturated heterocycles. The Morgan fingerprint density at radius 1 is 1.25 bits per heavy atom. The Labute approximate surface area is 166 Å². The summed E-state index contributed by atoms with van der Waals surface area (Å²) in [5.41, 5.74) is 0.840. The molecule has 148 valence electrons. The molecule has 3 heterocycles. The predicted octanol–water partition coefficient (Wildman–Crippen LogP) is 3.00. The van der Waals surface area contributed by atoms with Crippen molar-refractivity contribution in [2.24, 2.45) is 5.92 Å². The van der Waals surface area contributed by atoms with E-state index in [0.717, 1.165) is 22.6 Å². The maximum absolute atomic E-state index is 13.1. The van der Waals surface area contributed by atoms with E-state index in [2.05, 4.69) is 4.98 Å². The smallest absolute Gasteiger partial charge is 0.262 e. The molecule has 28 heavy (non-hydrogen) atoms. The Morgan fingerprint density at radius 3 is 2.64 bits per heavy atom. The van der Waals surface area contributed by atoms with Crippen molar-refractivity contribution in [1.82, 2.24) is 13.9 Å². The van der Waals surface area contributed by atoms with Gasteiger partial charge in [0.2, 0.25) is 10.0 Å². The van der Waals surface area contributed by atoms with Crippen molar-refractivity contribution in [3.05, 3.63) is 57.2 Å². The van der Waals surface area contributed by atoms with E-state index < -0.39 is 15.8 Å². The molecule has 0 saturated carbocycles. The van der Waals surface area contributed by atoms with Gasteiger partial charge in [-0.05, 0) is 42.2 Å². The topological polar surface area (TPSA) is 72.3 Å². The van der Waals surface area contributed by atoms with Gasteiger partial charge in [-0.15, -0.1) is 11.3 Å². The van der Waals surface area contributed by atoms with E-state index in [-0.39, 0.29) is 23.5 Å². The summed E-state index contributed by atoms with van der Waals surface area (Å²) in [6, 6.07) is 4.83. The third kappa shape index (κ3) is 3.27. The lowest BCUT2D eigenvalue weighted by Gasteiger charge is -2.26. The first kappa shape index (κ1) is 19.2. The van der Waals surface area contributed by atoms with Crippen molar-refractivity contribution in [1.29, 1.82) is 0 Å². The van der Waals surface area contributed by atoms with E-state index in [1.807, 2.05) is 13.8 Å². The minimum atomic E-state index is -3.72. The molecule has 1 aliphatic rings. The third-order valence-corrected chi connectivity index (χ3v) is 7.79. The van der Waals surface area contributed by atoms with Gasteiger partial charge in [-0.25, -0.2) is 17.8 Å². The van der Waals surface area contributed by atoms with Gasteiger partial charge in [0, 0.05) is 24.5 Å².